The molecule has 0 saturated carbocycles. The van der Waals surface area contributed by atoms with Gasteiger partial charge in [0.1, 0.15) is 0 Å². The van der Waals surface area contributed by atoms with Crippen LogP contribution >= 0.6 is 0 Å². The Kier molecular flexibility index (Phi) is 2.80. The normalized spacial score (nSPS) is 27.1. The van der Waals surface area contributed by atoms with Crippen molar-refractivity contribution in [1.82, 2.24) is 5.32 Å². The number of carbonyl (C=O) groups is 2. The minimum Gasteiger partial charge on any atom is -0.368 e. The van der Waals surface area contributed by atoms with Crippen LogP contribution < -0.4 is 16.8 Å². The smallest absolute Gasteiger partial charge is 0.234 e. The van der Waals surface area contributed by atoms with Crippen molar-refractivity contribution < 1.29 is 9.59 Å². The highest BCUT2D eigenvalue weighted by Crippen LogP contribution is 2.27. The van der Waals surface area contributed by atoms with Crippen molar-refractivity contribution in [2.24, 2.45) is 17.4 Å². The Balaban J connectivity index is 2.55. The third kappa shape index (κ3) is 2.45. The molecule has 5 nitrogen and oxygen atoms in total. The van der Waals surface area contributed by atoms with Crippen LogP contribution in [0.15, 0.2) is 0 Å². The summed E-state index contributed by atoms with van der Waals surface area (Å²) in [4.78, 5) is 22.1. The van der Waals surface area contributed by atoms with Gasteiger partial charge >= 0.3 is 0 Å². The molecule has 80 valence electrons. The second-order valence-electron chi connectivity index (χ2n) is 4.52. The average Bonchev–Trinajstić information content (AvgIpc) is 2.24. The SMILES string of the molecule is CC1(C)CC(C[C@H](N)C(N)=O)C(=O)N1. The summed E-state index contributed by atoms with van der Waals surface area (Å²) in [5.74, 6) is -0.776. The molecule has 1 heterocycles. The van der Waals surface area contributed by atoms with Gasteiger partial charge in [0, 0.05) is 11.5 Å². The van der Waals surface area contributed by atoms with E-state index in [1.54, 1.807) is 0 Å². The largest absolute Gasteiger partial charge is 0.368 e. The molecule has 2 atom stereocenters. The molecular weight excluding hydrogens is 182 g/mol. The van der Waals surface area contributed by atoms with Crippen LogP contribution in [-0.4, -0.2) is 23.4 Å². The lowest BCUT2D eigenvalue weighted by molar-refractivity contribution is -0.123. The van der Waals surface area contributed by atoms with Gasteiger partial charge in [-0.1, -0.05) is 0 Å². The summed E-state index contributed by atoms with van der Waals surface area (Å²) in [6, 6.07) is -0.723. The summed E-state index contributed by atoms with van der Waals surface area (Å²) in [5.41, 5.74) is 10.3. The van der Waals surface area contributed by atoms with E-state index in [0.29, 0.717) is 12.8 Å². The van der Waals surface area contributed by atoms with Gasteiger partial charge in [0.15, 0.2) is 0 Å². The van der Waals surface area contributed by atoms with Crippen molar-refractivity contribution in [1.29, 1.82) is 0 Å². The number of nitrogens with one attached hydrogen (secondary N) is 1. The molecule has 0 aromatic rings. The molecule has 0 bridgehead atoms. The maximum atomic E-state index is 11.4. The number of rotatable bonds is 3. The monoisotopic (exact) mass is 199 g/mol. The Morgan fingerprint density at radius 3 is 2.64 bits per heavy atom. The molecule has 1 saturated heterocycles. The fourth-order valence-electron chi connectivity index (χ4n) is 1.81. The van der Waals surface area contributed by atoms with Crippen molar-refractivity contribution in [3.05, 3.63) is 0 Å². The molecule has 0 spiro atoms. The fraction of sp³-hybridized carbons (Fsp3) is 0.778. The fourth-order valence-corrected chi connectivity index (χ4v) is 1.81. The number of hydrogen-bond donors (Lipinski definition) is 3. The first-order valence-corrected chi connectivity index (χ1v) is 4.69. The molecule has 1 aliphatic rings. The zero-order valence-electron chi connectivity index (χ0n) is 8.54. The molecule has 5 N–H and O–H groups in total. The van der Waals surface area contributed by atoms with Crippen molar-refractivity contribution in [3.63, 3.8) is 0 Å². The molecule has 5 heteroatoms. The molecule has 0 aromatic heterocycles. The van der Waals surface area contributed by atoms with Crippen LogP contribution in [0.5, 0.6) is 0 Å². The lowest BCUT2D eigenvalue weighted by Gasteiger charge is -2.16. The molecule has 1 unspecified atom stereocenters. The minimum absolute atomic E-state index is 0.0355. The summed E-state index contributed by atoms with van der Waals surface area (Å²) < 4.78 is 0. The molecule has 0 radical (unpaired) electrons. The number of nitrogens with two attached hydrogens (primary N) is 2. The Labute approximate surface area is 83.2 Å². The number of amides is 2. The predicted octanol–water partition coefficient (Wildman–Crippen LogP) is -0.896. The molecule has 0 aliphatic carbocycles. The van der Waals surface area contributed by atoms with Crippen LogP contribution in [0.3, 0.4) is 0 Å². The lowest BCUT2D eigenvalue weighted by Crippen LogP contribution is -2.39. The van der Waals surface area contributed by atoms with E-state index < -0.39 is 11.9 Å². The van der Waals surface area contributed by atoms with Crippen LogP contribution in [0.25, 0.3) is 0 Å². The van der Waals surface area contributed by atoms with Gasteiger partial charge in [-0.05, 0) is 26.7 Å². The Morgan fingerprint density at radius 2 is 2.29 bits per heavy atom. The van der Waals surface area contributed by atoms with Gasteiger partial charge < -0.3 is 16.8 Å². The summed E-state index contributed by atoms with van der Waals surface area (Å²) in [7, 11) is 0. The van der Waals surface area contributed by atoms with E-state index in [1.807, 2.05) is 13.8 Å². The van der Waals surface area contributed by atoms with E-state index in [0.717, 1.165) is 0 Å². The van der Waals surface area contributed by atoms with Crippen molar-refractivity contribution >= 4 is 11.8 Å². The third-order valence-electron chi connectivity index (χ3n) is 2.49. The van der Waals surface area contributed by atoms with E-state index in [1.165, 1.54) is 0 Å². The van der Waals surface area contributed by atoms with Crippen molar-refractivity contribution in [2.75, 3.05) is 0 Å². The summed E-state index contributed by atoms with van der Waals surface area (Å²) in [5, 5.41) is 2.84. The molecular formula is C9H17N3O2. The van der Waals surface area contributed by atoms with Crippen LogP contribution in [0, 0.1) is 5.92 Å². The first kappa shape index (κ1) is 11.0. The standard InChI is InChI=1S/C9H17N3O2/c1-9(2)4-5(8(14)12-9)3-6(10)7(11)13/h5-6H,3-4,10H2,1-2H3,(H2,11,13)(H,12,14)/t5?,6-/m0/s1. The summed E-state index contributed by atoms with van der Waals surface area (Å²) in [6.07, 6.45) is 1.04. The Hall–Kier alpha value is -1.10. The van der Waals surface area contributed by atoms with Gasteiger partial charge in [-0.3, -0.25) is 9.59 Å². The highest BCUT2D eigenvalue weighted by molar-refractivity contribution is 5.84. The number of primary amides is 1. The quantitative estimate of drug-likeness (QED) is 0.549. The van der Waals surface area contributed by atoms with Crippen molar-refractivity contribution in [2.45, 2.75) is 38.3 Å². The van der Waals surface area contributed by atoms with Gasteiger partial charge in [-0.2, -0.15) is 0 Å². The van der Waals surface area contributed by atoms with Gasteiger partial charge in [0.2, 0.25) is 11.8 Å². The molecule has 0 aromatic carbocycles. The van der Waals surface area contributed by atoms with Gasteiger partial charge in [-0.25, -0.2) is 0 Å². The van der Waals surface area contributed by atoms with Crippen LogP contribution in [0.4, 0.5) is 0 Å². The average molecular weight is 199 g/mol. The van der Waals surface area contributed by atoms with E-state index >= 15 is 0 Å². The zero-order valence-corrected chi connectivity index (χ0v) is 8.54. The number of hydrogen-bond acceptors (Lipinski definition) is 3. The Morgan fingerprint density at radius 1 is 1.71 bits per heavy atom. The summed E-state index contributed by atoms with van der Waals surface area (Å²) in [6.45, 7) is 3.89. The van der Waals surface area contributed by atoms with Crippen LogP contribution in [-0.2, 0) is 9.59 Å². The molecule has 1 rings (SSSR count). The molecule has 2 amide bonds. The molecule has 14 heavy (non-hydrogen) atoms. The first-order valence-electron chi connectivity index (χ1n) is 4.69. The van der Waals surface area contributed by atoms with E-state index in [-0.39, 0.29) is 17.4 Å². The number of carbonyl (C=O) groups excluding carboxylic acids is 2. The maximum absolute atomic E-state index is 11.4. The maximum Gasteiger partial charge on any atom is 0.234 e. The van der Waals surface area contributed by atoms with Gasteiger partial charge in [-0.15, -0.1) is 0 Å². The topological polar surface area (TPSA) is 98.2 Å². The minimum atomic E-state index is -0.723. The lowest BCUT2D eigenvalue weighted by atomic mass is 9.92. The highest BCUT2D eigenvalue weighted by Gasteiger charge is 2.38. The van der Waals surface area contributed by atoms with E-state index in [4.69, 9.17) is 11.5 Å². The second kappa shape index (κ2) is 3.57. The van der Waals surface area contributed by atoms with Gasteiger partial charge in [0.05, 0.1) is 6.04 Å². The molecule has 1 fully saturated rings. The van der Waals surface area contributed by atoms with Crippen LogP contribution in [0.1, 0.15) is 26.7 Å². The first-order chi connectivity index (χ1) is 6.32. The highest BCUT2D eigenvalue weighted by atomic mass is 16.2. The van der Waals surface area contributed by atoms with E-state index in [9.17, 15) is 9.59 Å². The second-order valence-corrected chi connectivity index (χ2v) is 4.52. The van der Waals surface area contributed by atoms with Gasteiger partial charge in [0.25, 0.3) is 0 Å². The van der Waals surface area contributed by atoms with Crippen molar-refractivity contribution in [3.8, 4) is 0 Å². The zero-order chi connectivity index (χ0) is 10.9. The summed E-state index contributed by atoms with van der Waals surface area (Å²) >= 11 is 0. The van der Waals surface area contributed by atoms with E-state index in [2.05, 4.69) is 5.32 Å². The predicted molar refractivity (Wildman–Crippen MR) is 52.1 cm³/mol. The third-order valence-corrected chi connectivity index (χ3v) is 2.49. The Bertz CT molecular complexity index is 263. The van der Waals surface area contributed by atoms with Crippen LogP contribution in [0.2, 0.25) is 0 Å². The molecule has 1 aliphatic heterocycles.